The van der Waals surface area contributed by atoms with Crippen molar-refractivity contribution in [3.8, 4) is 0 Å². The first-order chi connectivity index (χ1) is 9.74. The second kappa shape index (κ2) is 5.79. The van der Waals surface area contributed by atoms with Crippen molar-refractivity contribution in [2.75, 3.05) is 31.1 Å². The number of carbonyl (C=O) groups excluding carboxylic acids is 1. The van der Waals surface area contributed by atoms with Gasteiger partial charge in [0.05, 0.1) is 11.7 Å². The van der Waals surface area contributed by atoms with Crippen LogP contribution in [0.5, 0.6) is 0 Å². The topological polar surface area (TPSA) is 56.7 Å². The zero-order valence-electron chi connectivity index (χ0n) is 11.7. The maximum absolute atomic E-state index is 12.3. The Bertz CT molecular complexity index is 469. The average molecular weight is 275 g/mol. The van der Waals surface area contributed by atoms with E-state index in [9.17, 15) is 9.90 Å². The Balaban J connectivity index is 1.68. The molecule has 0 aliphatic carbocycles. The number of anilines is 1. The SMILES string of the molecule is O=C(c1ccc(N2CCCC2)nc1)N1CCCC(O)C1. The van der Waals surface area contributed by atoms with Gasteiger partial charge in [-0.15, -0.1) is 0 Å². The van der Waals surface area contributed by atoms with E-state index in [1.54, 1.807) is 11.1 Å². The Kier molecular flexibility index (Phi) is 3.87. The van der Waals surface area contributed by atoms with Gasteiger partial charge in [0.2, 0.25) is 0 Å². The summed E-state index contributed by atoms with van der Waals surface area (Å²) in [4.78, 5) is 20.7. The molecule has 1 N–H and O–H groups in total. The lowest BCUT2D eigenvalue weighted by Gasteiger charge is -2.30. The van der Waals surface area contributed by atoms with Gasteiger partial charge in [-0.3, -0.25) is 4.79 Å². The summed E-state index contributed by atoms with van der Waals surface area (Å²) >= 11 is 0. The molecule has 2 aliphatic rings. The van der Waals surface area contributed by atoms with Crippen molar-refractivity contribution in [3.05, 3.63) is 23.9 Å². The lowest BCUT2D eigenvalue weighted by Crippen LogP contribution is -2.42. The zero-order valence-corrected chi connectivity index (χ0v) is 11.7. The average Bonchev–Trinajstić information content (AvgIpc) is 3.01. The monoisotopic (exact) mass is 275 g/mol. The van der Waals surface area contributed by atoms with Crippen molar-refractivity contribution >= 4 is 11.7 Å². The molecule has 1 amide bonds. The molecule has 2 fully saturated rings. The molecule has 3 heterocycles. The summed E-state index contributed by atoms with van der Waals surface area (Å²) in [6.45, 7) is 3.27. The number of piperidine rings is 1. The molecule has 3 rings (SSSR count). The minimum absolute atomic E-state index is 0.0239. The molecular weight excluding hydrogens is 254 g/mol. The molecule has 20 heavy (non-hydrogen) atoms. The van der Waals surface area contributed by atoms with E-state index < -0.39 is 0 Å². The first kappa shape index (κ1) is 13.4. The van der Waals surface area contributed by atoms with Crippen molar-refractivity contribution in [2.24, 2.45) is 0 Å². The largest absolute Gasteiger partial charge is 0.391 e. The molecule has 0 radical (unpaired) electrons. The molecule has 1 aromatic heterocycles. The molecule has 2 aliphatic heterocycles. The highest BCUT2D eigenvalue weighted by Gasteiger charge is 2.23. The molecule has 2 saturated heterocycles. The number of aliphatic hydroxyl groups excluding tert-OH is 1. The quantitative estimate of drug-likeness (QED) is 0.883. The normalized spacial score (nSPS) is 23.1. The maximum Gasteiger partial charge on any atom is 0.255 e. The summed E-state index contributed by atoms with van der Waals surface area (Å²) in [6, 6.07) is 3.78. The number of hydrogen-bond donors (Lipinski definition) is 1. The highest BCUT2D eigenvalue weighted by Crippen LogP contribution is 2.19. The number of aromatic nitrogens is 1. The van der Waals surface area contributed by atoms with Gasteiger partial charge in [-0.05, 0) is 37.8 Å². The summed E-state index contributed by atoms with van der Waals surface area (Å²) in [6.07, 6.45) is 5.37. The molecule has 0 aromatic carbocycles. The zero-order chi connectivity index (χ0) is 13.9. The number of likely N-dealkylation sites (tertiary alicyclic amines) is 1. The van der Waals surface area contributed by atoms with E-state index in [0.29, 0.717) is 12.1 Å². The molecule has 5 nitrogen and oxygen atoms in total. The lowest BCUT2D eigenvalue weighted by molar-refractivity contribution is 0.0473. The molecular formula is C15H21N3O2. The van der Waals surface area contributed by atoms with Crippen molar-refractivity contribution in [1.29, 1.82) is 0 Å². The summed E-state index contributed by atoms with van der Waals surface area (Å²) in [5.41, 5.74) is 0.613. The Labute approximate surface area is 119 Å². The van der Waals surface area contributed by atoms with E-state index in [-0.39, 0.29) is 12.0 Å². The predicted molar refractivity (Wildman–Crippen MR) is 76.8 cm³/mol. The number of rotatable bonds is 2. The summed E-state index contributed by atoms with van der Waals surface area (Å²) in [5, 5.41) is 9.65. The Morgan fingerprint density at radius 3 is 2.65 bits per heavy atom. The van der Waals surface area contributed by atoms with Gasteiger partial charge in [-0.1, -0.05) is 0 Å². The Morgan fingerprint density at radius 1 is 1.20 bits per heavy atom. The molecule has 0 saturated carbocycles. The first-order valence-corrected chi connectivity index (χ1v) is 7.42. The number of carbonyl (C=O) groups is 1. The van der Waals surface area contributed by atoms with Crippen LogP contribution < -0.4 is 4.90 Å². The van der Waals surface area contributed by atoms with Crippen LogP contribution in [0.4, 0.5) is 5.82 Å². The van der Waals surface area contributed by atoms with Crippen LogP contribution in [0.15, 0.2) is 18.3 Å². The molecule has 1 atom stereocenters. The fraction of sp³-hybridized carbons (Fsp3) is 0.600. The molecule has 0 spiro atoms. The van der Waals surface area contributed by atoms with Crippen molar-refractivity contribution in [1.82, 2.24) is 9.88 Å². The van der Waals surface area contributed by atoms with Gasteiger partial charge in [0.15, 0.2) is 0 Å². The number of aliphatic hydroxyl groups is 1. The van der Waals surface area contributed by atoms with Crippen LogP contribution in [0.25, 0.3) is 0 Å². The third-order valence-corrected chi connectivity index (χ3v) is 4.11. The van der Waals surface area contributed by atoms with Crippen LogP contribution in [0, 0.1) is 0 Å². The number of β-amino-alcohol motifs (C(OH)–C–C–N with tert-alkyl or cyclic N) is 1. The molecule has 5 heteroatoms. The number of hydrogen-bond acceptors (Lipinski definition) is 4. The molecule has 1 unspecified atom stereocenters. The fourth-order valence-electron chi connectivity index (χ4n) is 2.97. The van der Waals surface area contributed by atoms with Gasteiger partial charge in [0.1, 0.15) is 5.82 Å². The lowest BCUT2D eigenvalue weighted by atomic mass is 10.1. The highest BCUT2D eigenvalue weighted by molar-refractivity contribution is 5.94. The number of pyridine rings is 1. The van der Waals surface area contributed by atoms with E-state index in [4.69, 9.17) is 0 Å². The minimum Gasteiger partial charge on any atom is -0.391 e. The standard InChI is InChI=1S/C15H21N3O2/c19-13-4-3-9-18(11-13)15(20)12-5-6-14(16-10-12)17-7-1-2-8-17/h5-6,10,13,19H,1-4,7-9,11H2. The molecule has 0 bridgehead atoms. The first-order valence-electron chi connectivity index (χ1n) is 7.42. The van der Waals surface area contributed by atoms with Crippen molar-refractivity contribution in [3.63, 3.8) is 0 Å². The van der Waals surface area contributed by atoms with E-state index in [1.165, 1.54) is 12.8 Å². The predicted octanol–water partition coefficient (Wildman–Crippen LogP) is 1.28. The molecule has 1 aromatic rings. The smallest absolute Gasteiger partial charge is 0.255 e. The van der Waals surface area contributed by atoms with Crippen LogP contribution >= 0.6 is 0 Å². The molecule has 108 valence electrons. The van der Waals surface area contributed by atoms with Crippen LogP contribution in [-0.4, -0.2) is 53.2 Å². The van der Waals surface area contributed by atoms with Crippen LogP contribution in [0.1, 0.15) is 36.0 Å². The number of nitrogens with zero attached hydrogens (tertiary/aromatic N) is 3. The van der Waals surface area contributed by atoms with Gasteiger partial charge in [0.25, 0.3) is 5.91 Å². The summed E-state index contributed by atoms with van der Waals surface area (Å²) in [7, 11) is 0. The van der Waals surface area contributed by atoms with E-state index in [1.807, 2.05) is 12.1 Å². The van der Waals surface area contributed by atoms with Gasteiger partial charge < -0.3 is 14.9 Å². The van der Waals surface area contributed by atoms with E-state index >= 15 is 0 Å². The Morgan fingerprint density at radius 2 is 2.00 bits per heavy atom. The second-order valence-corrected chi connectivity index (χ2v) is 5.65. The second-order valence-electron chi connectivity index (χ2n) is 5.65. The van der Waals surface area contributed by atoms with Gasteiger partial charge in [-0.2, -0.15) is 0 Å². The third kappa shape index (κ3) is 2.77. The summed E-state index contributed by atoms with van der Waals surface area (Å²) < 4.78 is 0. The highest BCUT2D eigenvalue weighted by atomic mass is 16.3. The van der Waals surface area contributed by atoms with Crippen molar-refractivity contribution in [2.45, 2.75) is 31.8 Å². The van der Waals surface area contributed by atoms with Gasteiger partial charge >= 0.3 is 0 Å². The van der Waals surface area contributed by atoms with E-state index in [2.05, 4.69) is 9.88 Å². The van der Waals surface area contributed by atoms with Gasteiger partial charge in [0, 0.05) is 32.4 Å². The third-order valence-electron chi connectivity index (χ3n) is 4.11. The maximum atomic E-state index is 12.3. The van der Waals surface area contributed by atoms with Crippen molar-refractivity contribution < 1.29 is 9.90 Å². The van der Waals surface area contributed by atoms with Crippen LogP contribution in [-0.2, 0) is 0 Å². The fourth-order valence-corrected chi connectivity index (χ4v) is 2.97. The number of amides is 1. The van der Waals surface area contributed by atoms with E-state index in [0.717, 1.165) is 38.3 Å². The van der Waals surface area contributed by atoms with Crippen LogP contribution in [0.3, 0.4) is 0 Å². The van der Waals surface area contributed by atoms with Gasteiger partial charge in [-0.25, -0.2) is 4.98 Å². The minimum atomic E-state index is -0.385. The Hall–Kier alpha value is -1.62. The van der Waals surface area contributed by atoms with Crippen LogP contribution in [0.2, 0.25) is 0 Å². The summed E-state index contributed by atoms with van der Waals surface area (Å²) in [5.74, 6) is 0.932.